The van der Waals surface area contributed by atoms with Crippen LogP contribution >= 0.6 is 34.5 Å². The minimum atomic E-state index is -0.551. The molecule has 1 aromatic carbocycles. The van der Waals surface area contributed by atoms with E-state index in [1.54, 1.807) is 25.1 Å². The lowest BCUT2D eigenvalue weighted by Crippen LogP contribution is -2.41. The molecule has 0 fully saturated rings. The lowest BCUT2D eigenvalue weighted by Gasteiger charge is -2.14. The van der Waals surface area contributed by atoms with Gasteiger partial charge in [0.15, 0.2) is 0 Å². The lowest BCUT2D eigenvalue weighted by molar-refractivity contribution is -0.143. The van der Waals surface area contributed by atoms with Crippen LogP contribution in [0.2, 0.25) is 10.0 Å². The number of carbonyl (C=O) groups is 1. The summed E-state index contributed by atoms with van der Waals surface area (Å²) in [5, 5.41) is 1.38. The molecular weight excluding hydrogens is 447 g/mol. The third-order valence-electron chi connectivity index (χ3n) is 5.25. The highest BCUT2D eigenvalue weighted by atomic mass is 35.5. The van der Waals surface area contributed by atoms with E-state index in [1.807, 2.05) is 0 Å². The number of aromatic nitrogens is 2. The van der Waals surface area contributed by atoms with Gasteiger partial charge in [-0.1, -0.05) is 29.3 Å². The Bertz CT molecular complexity index is 1260. The van der Waals surface area contributed by atoms with Gasteiger partial charge in [-0.15, -0.1) is 11.3 Å². The first-order valence-corrected chi connectivity index (χ1v) is 11.4. The maximum atomic E-state index is 13.4. The van der Waals surface area contributed by atoms with Crippen LogP contribution in [0, 0.1) is 0 Å². The fraction of sp³-hybridized carbons (Fsp3) is 0.381. The number of esters is 1. The van der Waals surface area contributed by atoms with E-state index in [0.29, 0.717) is 25.8 Å². The van der Waals surface area contributed by atoms with E-state index in [2.05, 4.69) is 0 Å². The van der Waals surface area contributed by atoms with E-state index in [9.17, 15) is 14.4 Å². The fourth-order valence-corrected chi connectivity index (χ4v) is 5.69. The molecule has 0 N–H and O–H groups in total. The minimum Gasteiger partial charge on any atom is -0.465 e. The van der Waals surface area contributed by atoms with Gasteiger partial charge in [-0.2, -0.15) is 0 Å². The number of nitrogens with zero attached hydrogens (tertiary/aromatic N) is 2. The van der Waals surface area contributed by atoms with Crippen molar-refractivity contribution in [3.05, 3.63) is 65.1 Å². The predicted octanol–water partition coefficient (Wildman–Crippen LogP) is 4.02. The minimum absolute atomic E-state index is 0.00292. The summed E-state index contributed by atoms with van der Waals surface area (Å²) < 4.78 is 7.57. The monoisotopic (exact) mass is 466 g/mol. The first-order valence-electron chi connectivity index (χ1n) is 9.78. The zero-order valence-electron chi connectivity index (χ0n) is 16.4. The van der Waals surface area contributed by atoms with Gasteiger partial charge >= 0.3 is 11.7 Å². The summed E-state index contributed by atoms with van der Waals surface area (Å²) in [6, 6.07) is 4.93. The van der Waals surface area contributed by atoms with Crippen molar-refractivity contribution in [2.75, 3.05) is 6.61 Å². The molecule has 0 atom stereocenters. The highest BCUT2D eigenvalue weighted by Gasteiger charge is 2.25. The molecule has 0 bridgehead atoms. The third-order valence-corrected chi connectivity index (χ3v) is 7.16. The van der Waals surface area contributed by atoms with Gasteiger partial charge in [0.2, 0.25) is 0 Å². The standard InChI is InChI=1S/C21H20Cl2N2O4S/c1-2-29-17(26)11-25-20-18(14-5-3-4-6-16(14)30-20)19(27)24(21(25)28)10-12-7-8-13(22)9-15(12)23/h7-9H,2-6,10-11H2,1H3. The van der Waals surface area contributed by atoms with Crippen LogP contribution in [0.3, 0.4) is 0 Å². The van der Waals surface area contributed by atoms with Crippen molar-refractivity contribution in [3.8, 4) is 0 Å². The van der Waals surface area contributed by atoms with Gasteiger partial charge in [-0.05, 0) is 55.9 Å². The Labute approximate surface area is 186 Å². The van der Waals surface area contributed by atoms with Gasteiger partial charge in [0, 0.05) is 14.9 Å². The predicted molar refractivity (Wildman–Crippen MR) is 119 cm³/mol. The number of thiophene rings is 1. The number of aryl methyl sites for hydroxylation is 2. The van der Waals surface area contributed by atoms with Crippen LogP contribution in [0.15, 0.2) is 27.8 Å². The Morgan fingerprint density at radius 1 is 1.17 bits per heavy atom. The van der Waals surface area contributed by atoms with Crippen LogP contribution in [0.25, 0.3) is 10.2 Å². The highest BCUT2D eigenvalue weighted by molar-refractivity contribution is 7.18. The molecule has 0 spiro atoms. The molecule has 0 unspecified atom stereocenters. The molecule has 0 radical (unpaired) electrons. The molecule has 30 heavy (non-hydrogen) atoms. The topological polar surface area (TPSA) is 70.3 Å². The van der Waals surface area contributed by atoms with Crippen molar-refractivity contribution in [3.63, 3.8) is 0 Å². The Morgan fingerprint density at radius 3 is 2.67 bits per heavy atom. The van der Waals surface area contributed by atoms with Crippen LogP contribution in [0.5, 0.6) is 0 Å². The summed E-state index contributed by atoms with van der Waals surface area (Å²) in [6.45, 7) is 1.69. The van der Waals surface area contributed by atoms with Crippen molar-refractivity contribution >= 4 is 50.7 Å². The summed E-state index contributed by atoms with van der Waals surface area (Å²) in [6.07, 6.45) is 3.73. The normalized spacial score (nSPS) is 13.4. The SMILES string of the molecule is CCOC(=O)Cn1c(=O)n(Cc2ccc(Cl)cc2Cl)c(=O)c2c3c(sc21)CCCC3. The van der Waals surface area contributed by atoms with Crippen LogP contribution in [0.4, 0.5) is 0 Å². The molecule has 9 heteroatoms. The number of benzene rings is 1. The number of halogens is 2. The van der Waals surface area contributed by atoms with Gasteiger partial charge in [0.1, 0.15) is 11.4 Å². The van der Waals surface area contributed by atoms with E-state index in [4.69, 9.17) is 27.9 Å². The molecular formula is C21H20Cl2N2O4S. The number of fused-ring (bicyclic) bond motifs is 3. The van der Waals surface area contributed by atoms with Crippen LogP contribution < -0.4 is 11.2 Å². The van der Waals surface area contributed by atoms with Crippen molar-refractivity contribution < 1.29 is 9.53 Å². The van der Waals surface area contributed by atoms with Gasteiger partial charge in [-0.3, -0.25) is 18.7 Å². The molecule has 2 aromatic heterocycles. The molecule has 158 valence electrons. The van der Waals surface area contributed by atoms with Crippen LogP contribution in [-0.4, -0.2) is 21.7 Å². The third kappa shape index (κ3) is 3.82. The Balaban J connectivity index is 1.94. The van der Waals surface area contributed by atoms with Crippen molar-refractivity contribution in [1.29, 1.82) is 0 Å². The molecule has 0 saturated heterocycles. The molecule has 2 heterocycles. The lowest BCUT2D eigenvalue weighted by atomic mass is 9.97. The second-order valence-corrected chi connectivity index (χ2v) is 9.12. The fourth-order valence-electron chi connectivity index (χ4n) is 3.85. The number of hydrogen-bond donors (Lipinski definition) is 0. The number of rotatable bonds is 5. The second kappa shape index (κ2) is 8.57. The maximum Gasteiger partial charge on any atom is 0.332 e. The zero-order valence-corrected chi connectivity index (χ0v) is 18.7. The Kier molecular flexibility index (Phi) is 6.04. The molecule has 1 aliphatic rings. The van der Waals surface area contributed by atoms with Gasteiger partial charge < -0.3 is 4.74 Å². The van der Waals surface area contributed by atoms with E-state index in [-0.39, 0.29) is 25.3 Å². The summed E-state index contributed by atoms with van der Waals surface area (Å²) in [4.78, 5) is 40.6. The number of hydrogen-bond acceptors (Lipinski definition) is 5. The molecule has 3 aromatic rings. The first-order chi connectivity index (χ1) is 14.4. The van der Waals surface area contributed by atoms with E-state index in [1.165, 1.54) is 15.9 Å². The largest absolute Gasteiger partial charge is 0.465 e. The Hall–Kier alpha value is -2.09. The summed E-state index contributed by atoms with van der Waals surface area (Å²) in [5.41, 5.74) is 0.705. The van der Waals surface area contributed by atoms with E-state index in [0.717, 1.165) is 40.7 Å². The molecule has 6 nitrogen and oxygen atoms in total. The van der Waals surface area contributed by atoms with Gasteiger partial charge in [-0.25, -0.2) is 4.79 Å². The average Bonchev–Trinajstić information content (AvgIpc) is 3.10. The number of carbonyl (C=O) groups excluding carboxylic acids is 1. The summed E-state index contributed by atoms with van der Waals surface area (Å²) in [7, 11) is 0. The average molecular weight is 467 g/mol. The smallest absolute Gasteiger partial charge is 0.332 e. The second-order valence-electron chi connectivity index (χ2n) is 7.19. The van der Waals surface area contributed by atoms with Crippen LogP contribution in [0.1, 0.15) is 35.8 Å². The molecule has 1 aliphatic carbocycles. The summed E-state index contributed by atoms with van der Waals surface area (Å²) >= 11 is 13.7. The molecule has 0 saturated carbocycles. The van der Waals surface area contributed by atoms with Gasteiger partial charge in [0.05, 0.1) is 18.5 Å². The van der Waals surface area contributed by atoms with Crippen molar-refractivity contribution in [1.82, 2.24) is 9.13 Å². The van der Waals surface area contributed by atoms with Crippen LogP contribution in [-0.2, 0) is 35.5 Å². The van der Waals surface area contributed by atoms with Crippen molar-refractivity contribution in [2.24, 2.45) is 0 Å². The highest BCUT2D eigenvalue weighted by Crippen LogP contribution is 2.34. The zero-order chi connectivity index (χ0) is 21.4. The van der Waals surface area contributed by atoms with Crippen molar-refractivity contribution in [2.45, 2.75) is 45.7 Å². The quantitative estimate of drug-likeness (QED) is 0.532. The summed E-state index contributed by atoms with van der Waals surface area (Å²) in [5.74, 6) is -0.512. The molecule has 0 aliphatic heterocycles. The molecule has 4 rings (SSSR count). The Morgan fingerprint density at radius 2 is 1.93 bits per heavy atom. The molecule has 0 amide bonds. The van der Waals surface area contributed by atoms with E-state index >= 15 is 0 Å². The van der Waals surface area contributed by atoms with Gasteiger partial charge in [0.25, 0.3) is 5.56 Å². The number of ether oxygens (including phenoxy) is 1. The van der Waals surface area contributed by atoms with E-state index < -0.39 is 11.7 Å². The first kappa shape index (κ1) is 21.2. The maximum absolute atomic E-state index is 13.4.